The maximum atomic E-state index is 10.9. The highest BCUT2D eigenvalue weighted by Crippen LogP contribution is 2.28. The van der Waals surface area contributed by atoms with E-state index in [0.717, 1.165) is 31.5 Å². The van der Waals surface area contributed by atoms with Crippen molar-refractivity contribution in [3.8, 4) is 0 Å². The predicted octanol–water partition coefficient (Wildman–Crippen LogP) is 1.48. The van der Waals surface area contributed by atoms with E-state index in [9.17, 15) is 4.79 Å². The third-order valence-electron chi connectivity index (χ3n) is 3.81. The summed E-state index contributed by atoms with van der Waals surface area (Å²) in [6.07, 6.45) is 6.05. The first kappa shape index (κ1) is 10.6. The van der Waals surface area contributed by atoms with Gasteiger partial charge in [0.2, 0.25) is 0 Å². The number of carboxylic acid groups (broad SMARTS) is 1. The van der Waals surface area contributed by atoms with E-state index in [4.69, 9.17) is 5.11 Å². The molecule has 17 heavy (non-hydrogen) atoms. The van der Waals surface area contributed by atoms with Crippen LogP contribution in [0.15, 0.2) is 12.3 Å². The highest BCUT2D eigenvalue weighted by molar-refractivity contribution is 5.72. The van der Waals surface area contributed by atoms with Crippen LogP contribution in [0.4, 0.5) is 5.69 Å². The number of aryl methyl sites for hydroxylation is 2. The monoisotopic (exact) mass is 232 g/mol. The van der Waals surface area contributed by atoms with Crippen molar-refractivity contribution in [2.24, 2.45) is 5.92 Å². The molecule has 4 heteroatoms. The Kier molecular flexibility index (Phi) is 2.50. The molecular weight excluding hydrogens is 216 g/mol. The molecular formula is C13H16N2O2. The predicted molar refractivity (Wildman–Crippen MR) is 64.2 cm³/mol. The molecule has 0 aromatic carbocycles. The lowest BCUT2D eigenvalue weighted by atomic mass is 10.1. The van der Waals surface area contributed by atoms with Crippen molar-refractivity contribution < 1.29 is 9.90 Å². The van der Waals surface area contributed by atoms with Crippen LogP contribution in [-0.4, -0.2) is 29.1 Å². The lowest BCUT2D eigenvalue weighted by molar-refractivity contribution is -0.140. The Morgan fingerprint density at radius 1 is 1.47 bits per heavy atom. The molecule has 1 aromatic rings. The second kappa shape index (κ2) is 4.02. The maximum absolute atomic E-state index is 10.9. The first-order chi connectivity index (χ1) is 8.24. The van der Waals surface area contributed by atoms with Crippen LogP contribution in [0.1, 0.15) is 24.1 Å². The molecule has 1 atom stereocenters. The number of hydrogen-bond acceptors (Lipinski definition) is 3. The van der Waals surface area contributed by atoms with Crippen molar-refractivity contribution in [1.29, 1.82) is 0 Å². The number of aromatic nitrogens is 1. The van der Waals surface area contributed by atoms with Crippen molar-refractivity contribution in [2.45, 2.75) is 25.7 Å². The molecule has 0 spiro atoms. The van der Waals surface area contributed by atoms with Gasteiger partial charge in [0.15, 0.2) is 0 Å². The number of anilines is 1. The summed E-state index contributed by atoms with van der Waals surface area (Å²) in [5, 5.41) is 8.99. The number of aliphatic carboxylic acids is 1. The zero-order valence-electron chi connectivity index (χ0n) is 9.72. The van der Waals surface area contributed by atoms with Gasteiger partial charge in [-0.25, -0.2) is 0 Å². The lowest BCUT2D eigenvalue weighted by Gasteiger charge is -2.18. The smallest absolute Gasteiger partial charge is 0.308 e. The average Bonchev–Trinajstić information content (AvgIpc) is 2.97. The second-order valence-corrected chi connectivity index (χ2v) is 4.92. The Morgan fingerprint density at radius 2 is 2.35 bits per heavy atom. The maximum Gasteiger partial charge on any atom is 0.308 e. The van der Waals surface area contributed by atoms with Gasteiger partial charge in [-0.2, -0.15) is 0 Å². The van der Waals surface area contributed by atoms with E-state index in [-0.39, 0.29) is 5.92 Å². The van der Waals surface area contributed by atoms with Crippen molar-refractivity contribution in [2.75, 3.05) is 18.0 Å². The van der Waals surface area contributed by atoms with E-state index in [0.29, 0.717) is 6.54 Å². The van der Waals surface area contributed by atoms with Gasteiger partial charge in [0.25, 0.3) is 0 Å². The fourth-order valence-corrected chi connectivity index (χ4v) is 2.78. The Hall–Kier alpha value is -1.58. The molecule has 4 nitrogen and oxygen atoms in total. The number of hydrogen-bond donors (Lipinski definition) is 1. The zero-order valence-corrected chi connectivity index (χ0v) is 9.72. The summed E-state index contributed by atoms with van der Waals surface area (Å²) in [6, 6.07) is 2.19. The van der Waals surface area contributed by atoms with E-state index >= 15 is 0 Å². The average molecular weight is 232 g/mol. The van der Waals surface area contributed by atoms with Crippen LogP contribution in [-0.2, 0) is 17.6 Å². The molecule has 1 aliphatic carbocycles. The summed E-state index contributed by atoms with van der Waals surface area (Å²) in [6.45, 7) is 1.45. The molecule has 2 heterocycles. The number of carboxylic acids is 1. The summed E-state index contributed by atoms with van der Waals surface area (Å²) in [7, 11) is 0. The highest BCUT2D eigenvalue weighted by atomic mass is 16.4. The molecule has 0 unspecified atom stereocenters. The molecule has 3 rings (SSSR count). The van der Waals surface area contributed by atoms with Gasteiger partial charge in [-0.1, -0.05) is 0 Å². The number of fused-ring (bicyclic) bond motifs is 1. The van der Waals surface area contributed by atoms with E-state index < -0.39 is 5.97 Å². The first-order valence-electron chi connectivity index (χ1n) is 6.19. The van der Waals surface area contributed by atoms with Gasteiger partial charge < -0.3 is 10.0 Å². The standard InChI is InChI=1S/C13H16N2O2/c16-13(17)10-4-5-15(8-10)11-6-9-2-1-3-12(9)14-7-11/h6-7,10H,1-5,8H2,(H,16,17)/t10-/m1/s1. The van der Waals surface area contributed by atoms with Crippen LogP contribution in [0.2, 0.25) is 0 Å². The van der Waals surface area contributed by atoms with Gasteiger partial charge in [0, 0.05) is 18.8 Å². The zero-order chi connectivity index (χ0) is 11.8. The van der Waals surface area contributed by atoms with Crippen LogP contribution in [0, 0.1) is 5.92 Å². The Labute approximate surface area is 100 Å². The molecule has 1 N–H and O–H groups in total. The van der Waals surface area contributed by atoms with E-state index in [2.05, 4.69) is 16.0 Å². The third kappa shape index (κ3) is 1.88. The van der Waals surface area contributed by atoms with Crippen LogP contribution >= 0.6 is 0 Å². The number of carbonyl (C=O) groups is 1. The minimum atomic E-state index is -0.679. The van der Waals surface area contributed by atoms with Crippen molar-refractivity contribution in [1.82, 2.24) is 4.98 Å². The minimum Gasteiger partial charge on any atom is -0.481 e. The third-order valence-corrected chi connectivity index (χ3v) is 3.81. The van der Waals surface area contributed by atoms with Gasteiger partial charge in [-0.15, -0.1) is 0 Å². The van der Waals surface area contributed by atoms with Crippen molar-refractivity contribution in [3.05, 3.63) is 23.5 Å². The van der Waals surface area contributed by atoms with Gasteiger partial charge >= 0.3 is 5.97 Å². The van der Waals surface area contributed by atoms with E-state index in [1.165, 1.54) is 17.7 Å². The largest absolute Gasteiger partial charge is 0.481 e. The molecule has 0 radical (unpaired) electrons. The first-order valence-corrected chi connectivity index (χ1v) is 6.19. The summed E-state index contributed by atoms with van der Waals surface area (Å²) >= 11 is 0. The molecule has 0 amide bonds. The lowest BCUT2D eigenvalue weighted by Crippen LogP contribution is -2.22. The summed E-state index contributed by atoms with van der Waals surface area (Å²) in [5.74, 6) is -0.898. The minimum absolute atomic E-state index is 0.219. The Balaban J connectivity index is 1.79. The highest BCUT2D eigenvalue weighted by Gasteiger charge is 2.28. The molecule has 0 bridgehead atoms. The molecule has 0 saturated carbocycles. The molecule has 1 saturated heterocycles. The van der Waals surface area contributed by atoms with E-state index in [1.807, 2.05) is 6.20 Å². The number of rotatable bonds is 2. The van der Waals surface area contributed by atoms with Crippen LogP contribution < -0.4 is 4.90 Å². The van der Waals surface area contributed by atoms with Crippen molar-refractivity contribution in [3.63, 3.8) is 0 Å². The van der Waals surface area contributed by atoms with Gasteiger partial charge in [-0.05, 0) is 37.3 Å². The quantitative estimate of drug-likeness (QED) is 0.839. The second-order valence-electron chi connectivity index (χ2n) is 4.92. The summed E-state index contributed by atoms with van der Waals surface area (Å²) < 4.78 is 0. The van der Waals surface area contributed by atoms with Crippen LogP contribution in [0.25, 0.3) is 0 Å². The Morgan fingerprint density at radius 3 is 3.12 bits per heavy atom. The molecule has 2 aliphatic rings. The number of nitrogens with zero attached hydrogens (tertiary/aromatic N) is 2. The summed E-state index contributed by atoms with van der Waals surface area (Å²) in [4.78, 5) is 17.6. The topological polar surface area (TPSA) is 53.4 Å². The SMILES string of the molecule is O=C(O)[C@@H]1CCN(c2cnc3c(c2)CCC3)C1. The molecule has 1 fully saturated rings. The van der Waals surface area contributed by atoms with Crippen LogP contribution in [0.3, 0.4) is 0 Å². The molecule has 1 aliphatic heterocycles. The van der Waals surface area contributed by atoms with Gasteiger partial charge in [0.1, 0.15) is 0 Å². The normalized spacial score (nSPS) is 22.8. The fourth-order valence-electron chi connectivity index (χ4n) is 2.78. The molecule has 90 valence electrons. The summed E-state index contributed by atoms with van der Waals surface area (Å²) in [5.41, 5.74) is 3.67. The van der Waals surface area contributed by atoms with Crippen LogP contribution in [0.5, 0.6) is 0 Å². The fraction of sp³-hybridized carbons (Fsp3) is 0.538. The number of pyridine rings is 1. The Bertz CT molecular complexity index is 459. The van der Waals surface area contributed by atoms with E-state index in [1.54, 1.807) is 0 Å². The van der Waals surface area contributed by atoms with Gasteiger partial charge in [0.05, 0.1) is 17.8 Å². The molecule has 1 aromatic heterocycles. The van der Waals surface area contributed by atoms with Crippen molar-refractivity contribution >= 4 is 11.7 Å². The van der Waals surface area contributed by atoms with Gasteiger partial charge in [-0.3, -0.25) is 9.78 Å².